The predicted octanol–water partition coefficient (Wildman–Crippen LogP) is 5.29. The molecule has 0 bridgehead atoms. The largest absolute Gasteiger partial charge is 0.449 e. The van der Waals surface area contributed by atoms with E-state index in [-0.39, 0.29) is 5.91 Å². The number of esters is 1. The van der Waals surface area contributed by atoms with E-state index in [1.807, 2.05) is 73.7 Å². The Bertz CT molecular complexity index is 1400. The topological polar surface area (TPSA) is 71.5 Å². The van der Waals surface area contributed by atoms with Crippen LogP contribution in [0.2, 0.25) is 0 Å². The molecule has 5 rings (SSSR count). The summed E-state index contributed by atoms with van der Waals surface area (Å²) in [6.45, 7) is 5.82. The third kappa shape index (κ3) is 5.14. The Morgan fingerprint density at radius 1 is 1.00 bits per heavy atom. The van der Waals surface area contributed by atoms with Crippen LogP contribution in [0.1, 0.15) is 39.7 Å². The standard InChI is InChI=1S/C30H29N3O3/c1-20-12-14-23(15-13-20)31-29(34)21(2)36-30(35)28-24-10-6-7-11-26(24)32-27-16-17-33(19-25(27)28)18-22-8-4-3-5-9-22/h3-15,21H,16-19H2,1-2H3,(H,31,34). The van der Waals surface area contributed by atoms with Crippen LogP contribution in [0.25, 0.3) is 10.9 Å². The van der Waals surface area contributed by atoms with Gasteiger partial charge in [-0.3, -0.25) is 14.7 Å². The Hall–Kier alpha value is -4.03. The van der Waals surface area contributed by atoms with Crippen LogP contribution in [0.3, 0.4) is 0 Å². The molecule has 2 heterocycles. The first-order valence-corrected chi connectivity index (χ1v) is 12.2. The Kier molecular flexibility index (Phi) is 6.78. The lowest BCUT2D eigenvalue weighted by molar-refractivity contribution is -0.123. The van der Waals surface area contributed by atoms with Gasteiger partial charge in [-0.2, -0.15) is 0 Å². The van der Waals surface area contributed by atoms with E-state index in [0.29, 0.717) is 17.8 Å². The van der Waals surface area contributed by atoms with E-state index >= 15 is 0 Å². The van der Waals surface area contributed by atoms with Gasteiger partial charge in [-0.1, -0.05) is 66.2 Å². The Morgan fingerprint density at radius 2 is 1.72 bits per heavy atom. The molecule has 3 aromatic carbocycles. The highest BCUT2D eigenvalue weighted by atomic mass is 16.5. The Morgan fingerprint density at radius 3 is 2.50 bits per heavy atom. The summed E-state index contributed by atoms with van der Waals surface area (Å²) < 4.78 is 5.72. The number of carbonyl (C=O) groups is 2. The van der Waals surface area contributed by atoms with Gasteiger partial charge >= 0.3 is 5.97 Å². The van der Waals surface area contributed by atoms with Crippen LogP contribution in [0.4, 0.5) is 5.69 Å². The van der Waals surface area contributed by atoms with Crippen LogP contribution >= 0.6 is 0 Å². The number of para-hydroxylation sites is 1. The minimum Gasteiger partial charge on any atom is -0.449 e. The van der Waals surface area contributed by atoms with E-state index in [9.17, 15) is 9.59 Å². The van der Waals surface area contributed by atoms with Crippen molar-refractivity contribution in [3.63, 3.8) is 0 Å². The highest BCUT2D eigenvalue weighted by molar-refractivity contribution is 6.06. The number of rotatable bonds is 6. The molecule has 1 amide bonds. The van der Waals surface area contributed by atoms with Crippen molar-refractivity contribution < 1.29 is 14.3 Å². The van der Waals surface area contributed by atoms with Crippen LogP contribution < -0.4 is 5.32 Å². The molecule has 1 aliphatic rings. The number of benzene rings is 3. The molecular formula is C30H29N3O3. The maximum Gasteiger partial charge on any atom is 0.339 e. The van der Waals surface area contributed by atoms with Crippen LogP contribution in [-0.4, -0.2) is 34.4 Å². The summed E-state index contributed by atoms with van der Waals surface area (Å²) in [5.41, 5.74) is 6.05. The molecule has 1 aromatic heterocycles. The number of ether oxygens (including phenoxy) is 1. The zero-order valence-electron chi connectivity index (χ0n) is 20.5. The van der Waals surface area contributed by atoms with Crippen molar-refractivity contribution >= 4 is 28.5 Å². The van der Waals surface area contributed by atoms with Gasteiger partial charge in [0.2, 0.25) is 0 Å². The molecule has 4 aromatic rings. The number of hydrogen-bond acceptors (Lipinski definition) is 5. The molecule has 0 aliphatic carbocycles. The van der Waals surface area contributed by atoms with Gasteiger partial charge in [-0.25, -0.2) is 4.79 Å². The molecule has 1 atom stereocenters. The molecule has 182 valence electrons. The predicted molar refractivity (Wildman–Crippen MR) is 141 cm³/mol. The number of pyridine rings is 1. The molecule has 0 radical (unpaired) electrons. The molecule has 1 N–H and O–H groups in total. The van der Waals surface area contributed by atoms with Gasteiger partial charge in [0.25, 0.3) is 5.91 Å². The first kappa shape index (κ1) is 23.7. The van der Waals surface area contributed by atoms with Gasteiger partial charge in [0.05, 0.1) is 11.1 Å². The Balaban J connectivity index is 1.40. The normalized spacial score (nSPS) is 14.2. The monoisotopic (exact) mass is 479 g/mol. The van der Waals surface area contributed by atoms with E-state index in [1.54, 1.807) is 6.92 Å². The number of aromatic nitrogens is 1. The molecule has 0 spiro atoms. The van der Waals surface area contributed by atoms with Gasteiger partial charge < -0.3 is 10.1 Å². The van der Waals surface area contributed by atoms with Crippen LogP contribution in [0, 0.1) is 6.92 Å². The summed E-state index contributed by atoms with van der Waals surface area (Å²) in [6.07, 6.45) is -0.207. The van der Waals surface area contributed by atoms with Crippen LogP contribution in [-0.2, 0) is 29.0 Å². The van der Waals surface area contributed by atoms with Crippen molar-refractivity contribution in [3.05, 3.63) is 107 Å². The zero-order valence-corrected chi connectivity index (χ0v) is 20.5. The fraction of sp³-hybridized carbons (Fsp3) is 0.233. The average molecular weight is 480 g/mol. The fourth-order valence-electron chi connectivity index (χ4n) is 4.61. The number of anilines is 1. The molecule has 0 fully saturated rings. The minimum atomic E-state index is -0.953. The molecule has 6 heteroatoms. The van der Waals surface area contributed by atoms with Gasteiger partial charge in [0.15, 0.2) is 6.10 Å². The number of carbonyl (C=O) groups excluding carboxylic acids is 2. The van der Waals surface area contributed by atoms with Crippen molar-refractivity contribution in [2.75, 3.05) is 11.9 Å². The summed E-state index contributed by atoms with van der Waals surface area (Å²) in [6, 6.07) is 25.4. The zero-order chi connectivity index (χ0) is 25.1. The van der Waals surface area contributed by atoms with E-state index in [4.69, 9.17) is 9.72 Å². The van der Waals surface area contributed by atoms with Gasteiger partial charge in [0.1, 0.15) is 0 Å². The summed E-state index contributed by atoms with van der Waals surface area (Å²) in [5.74, 6) is -0.872. The number of amides is 1. The molecule has 0 saturated carbocycles. The highest BCUT2D eigenvalue weighted by Gasteiger charge is 2.28. The van der Waals surface area contributed by atoms with Crippen LogP contribution in [0.5, 0.6) is 0 Å². The van der Waals surface area contributed by atoms with Crippen molar-refractivity contribution in [2.24, 2.45) is 0 Å². The van der Waals surface area contributed by atoms with Gasteiger partial charge in [-0.05, 0) is 37.6 Å². The lowest BCUT2D eigenvalue weighted by atomic mass is 9.95. The average Bonchev–Trinajstić information content (AvgIpc) is 2.89. The first-order valence-electron chi connectivity index (χ1n) is 12.2. The summed E-state index contributed by atoms with van der Waals surface area (Å²) in [5, 5.41) is 3.57. The van der Waals surface area contributed by atoms with Crippen molar-refractivity contribution in [1.29, 1.82) is 0 Å². The second-order valence-electron chi connectivity index (χ2n) is 9.28. The summed E-state index contributed by atoms with van der Waals surface area (Å²) >= 11 is 0. The highest BCUT2D eigenvalue weighted by Crippen LogP contribution is 2.30. The fourth-order valence-corrected chi connectivity index (χ4v) is 4.61. The van der Waals surface area contributed by atoms with Gasteiger partial charge in [-0.15, -0.1) is 0 Å². The lowest BCUT2D eigenvalue weighted by Crippen LogP contribution is -2.34. The van der Waals surface area contributed by atoms with E-state index < -0.39 is 12.1 Å². The first-order chi connectivity index (χ1) is 17.5. The Labute approximate surface area is 210 Å². The number of hydrogen-bond donors (Lipinski definition) is 1. The third-order valence-electron chi connectivity index (χ3n) is 6.55. The van der Waals surface area contributed by atoms with Crippen molar-refractivity contribution in [3.8, 4) is 0 Å². The molecular weight excluding hydrogens is 450 g/mol. The number of fused-ring (bicyclic) bond motifs is 2. The number of nitrogens with one attached hydrogen (secondary N) is 1. The lowest BCUT2D eigenvalue weighted by Gasteiger charge is -2.30. The molecule has 1 unspecified atom stereocenters. The summed E-state index contributed by atoms with van der Waals surface area (Å²) in [7, 11) is 0. The number of aryl methyl sites for hydroxylation is 1. The van der Waals surface area contributed by atoms with Crippen molar-refractivity contribution in [1.82, 2.24) is 9.88 Å². The minimum absolute atomic E-state index is 0.370. The second kappa shape index (κ2) is 10.3. The van der Waals surface area contributed by atoms with E-state index in [2.05, 4.69) is 22.3 Å². The van der Waals surface area contributed by atoms with Crippen LogP contribution in [0.15, 0.2) is 78.9 Å². The molecule has 0 saturated heterocycles. The maximum atomic E-state index is 13.6. The quantitative estimate of drug-likeness (QED) is 0.381. The van der Waals surface area contributed by atoms with Crippen molar-refractivity contribution in [2.45, 2.75) is 39.5 Å². The molecule has 6 nitrogen and oxygen atoms in total. The van der Waals surface area contributed by atoms with E-state index in [0.717, 1.165) is 47.2 Å². The van der Waals surface area contributed by atoms with Gasteiger partial charge in [0, 0.05) is 48.4 Å². The number of nitrogens with zero attached hydrogens (tertiary/aromatic N) is 2. The van der Waals surface area contributed by atoms with E-state index in [1.165, 1.54) is 5.56 Å². The second-order valence-corrected chi connectivity index (χ2v) is 9.28. The maximum absolute atomic E-state index is 13.6. The third-order valence-corrected chi connectivity index (χ3v) is 6.55. The summed E-state index contributed by atoms with van der Waals surface area (Å²) in [4.78, 5) is 33.5. The molecule has 36 heavy (non-hydrogen) atoms. The molecule has 1 aliphatic heterocycles. The smallest absolute Gasteiger partial charge is 0.339 e. The SMILES string of the molecule is Cc1ccc(NC(=O)C(C)OC(=O)c2c3c(nc4ccccc24)CCN(Cc2ccccc2)C3)cc1.